The van der Waals surface area contributed by atoms with Crippen LogP contribution < -0.4 is 4.90 Å². The van der Waals surface area contributed by atoms with E-state index in [9.17, 15) is 14.3 Å². The van der Waals surface area contributed by atoms with Crippen LogP contribution >= 0.6 is 44.0 Å². The number of nitrogens with zero attached hydrogens (tertiary/aromatic N) is 2. The Bertz CT molecular complexity index is 1220. The molecule has 216 valence electrons. The molecule has 6 unspecified atom stereocenters. The van der Waals surface area contributed by atoms with Crippen molar-refractivity contribution in [3.05, 3.63) is 70.7 Å². The molecule has 10 heteroatoms. The number of benzene rings is 1. The molecule has 2 aliphatic heterocycles. The van der Waals surface area contributed by atoms with Crippen LogP contribution in [0.15, 0.2) is 75.6 Å². The lowest BCUT2D eigenvalue weighted by molar-refractivity contribution is -0.125. The Morgan fingerprint density at radius 2 is 1.65 bits per heavy atom. The van der Waals surface area contributed by atoms with E-state index in [1.165, 1.54) is 32.3 Å². The summed E-state index contributed by atoms with van der Waals surface area (Å²) in [5, 5.41) is 1.20. The average Bonchev–Trinajstić information content (AvgIpc) is 3.44. The van der Waals surface area contributed by atoms with Gasteiger partial charge < -0.3 is 4.90 Å². The van der Waals surface area contributed by atoms with Crippen molar-refractivity contribution in [1.82, 2.24) is 4.90 Å². The van der Waals surface area contributed by atoms with Crippen molar-refractivity contribution in [2.24, 2.45) is 11.8 Å². The molecule has 1 aromatic carbocycles. The number of carbonyl (C=O) groups is 1. The highest BCUT2D eigenvalue weighted by molar-refractivity contribution is 8.26. The van der Waals surface area contributed by atoms with E-state index >= 15 is 0 Å². The van der Waals surface area contributed by atoms with Gasteiger partial charge in [0.25, 0.3) is 5.91 Å². The Balaban J connectivity index is 1.69. The second-order valence-electron chi connectivity index (χ2n) is 10.3. The maximum absolute atomic E-state index is 13.2. The number of hydrogen-bond acceptors (Lipinski definition) is 7. The van der Waals surface area contributed by atoms with Crippen LogP contribution in [-0.4, -0.2) is 38.2 Å². The van der Waals surface area contributed by atoms with Crippen LogP contribution in [0.5, 0.6) is 0 Å². The number of rotatable bonds is 13. The first-order valence-electron chi connectivity index (χ1n) is 13.8. The SMILES string of the molecule is CCC(C)CC(O[P+](=O)O)C(C)N1C(=O)/C(=C/C=C/C=C/C=C2/Sc3ccccc3N2C(C)C(C)CC)SC1=S. The Labute approximate surface area is 253 Å². The molecule has 2 aliphatic rings. The van der Waals surface area contributed by atoms with Crippen molar-refractivity contribution < 1.29 is 18.8 Å². The van der Waals surface area contributed by atoms with Gasteiger partial charge in [0.1, 0.15) is 10.4 Å². The maximum Gasteiger partial charge on any atom is 0.695 e. The second-order valence-corrected chi connectivity index (χ2v) is 13.7. The summed E-state index contributed by atoms with van der Waals surface area (Å²) < 4.78 is 17.2. The first-order valence-corrected chi connectivity index (χ1v) is 17.0. The zero-order valence-corrected chi connectivity index (χ0v) is 27.4. The number of amides is 1. The number of thioether (sulfide) groups is 2. The minimum atomic E-state index is -2.79. The molecule has 40 heavy (non-hydrogen) atoms. The standard InChI is InChI=1S/C30H39N2O4PS3/c1-7-20(3)19-25(36-37(34)35)23(6)32-29(33)27(40-30(32)38)17-11-9-10-12-18-28-31(22(5)21(4)8-2)24-15-13-14-16-26(24)39-28/h9-18,20-23,25H,7-8,19H2,1-6H3/p+1/b11-9+,12-10+,27-17-,28-18+. The van der Waals surface area contributed by atoms with E-state index in [2.05, 4.69) is 69.9 Å². The molecule has 1 amide bonds. The van der Waals surface area contributed by atoms with Gasteiger partial charge in [-0.2, -0.15) is 0 Å². The summed E-state index contributed by atoms with van der Waals surface area (Å²) in [7, 11) is -2.79. The van der Waals surface area contributed by atoms with Crippen LogP contribution in [0.4, 0.5) is 5.69 Å². The van der Waals surface area contributed by atoms with Crippen LogP contribution in [0.3, 0.4) is 0 Å². The van der Waals surface area contributed by atoms with E-state index in [1.807, 2.05) is 31.2 Å². The van der Waals surface area contributed by atoms with E-state index in [0.717, 1.165) is 12.8 Å². The molecule has 0 aliphatic carbocycles. The molecule has 0 bridgehead atoms. The van der Waals surface area contributed by atoms with Crippen LogP contribution in [0, 0.1) is 11.8 Å². The average molecular weight is 620 g/mol. The van der Waals surface area contributed by atoms with Crippen molar-refractivity contribution in [3.8, 4) is 0 Å². The normalized spacial score (nSPS) is 22.0. The predicted molar refractivity (Wildman–Crippen MR) is 173 cm³/mol. The molecule has 1 fully saturated rings. The summed E-state index contributed by atoms with van der Waals surface area (Å²) in [5.74, 6) is 0.630. The third-order valence-corrected chi connectivity index (χ3v) is 10.5. The monoisotopic (exact) mass is 619 g/mol. The molecule has 2 heterocycles. The molecule has 1 N–H and O–H groups in total. The summed E-state index contributed by atoms with van der Waals surface area (Å²) in [6.45, 7) is 12.7. The van der Waals surface area contributed by atoms with E-state index in [4.69, 9.17) is 16.7 Å². The van der Waals surface area contributed by atoms with Crippen molar-refractivity contribution in [1.29, 1.82) is 0 Å². The molecule has 0 saturated carbocycles. The Kier molecular flexibility index (Phi) is 12.7. The quantitative estimate of drug-likeness (QED) is 0.102. The summed E-state index contributed by atoms with van der Waals surface area (Å²) in [6, 6.07) is 8.45. The van der Waals surface area contributed by atoms with Crippen molar-refractivity contribution in [2.75, 3.05) is 4.90 Å². The first kappa shape index (κ1) is 32.8. The smallest absolute Gasteiger partial charge is 0.332 e. The van der Waals surface area contributed by atoms with Crippen LogP contribution in [0.25, 0.3) is 0 Å². The zero-order chi connectivity index (χ0) is 29.4. The molecule has 3 rings (SSSR count). The number of anilines is 1. The summed E-state index contributed by atoms with van der Waals surface area (Å²) in [5.41, 5.74) is 1.26. The lowest BCUT2D eigenvalue weighted by atomic mass is 9.97. The van der Waals surface area contributed by atoms with Crippen molar-refractivity contribution in [2.45, 2.75) is 83.9 Å². The fourth-order valence-corrected chi connectivity index (χ4v) is 7.61. The molecular weight excluding hydrogens is 580 g/mol. The van der Waals surface area contributed by atoms with E-state index in [-0.39, 0.29) is 11.8 Å². The molecular formula is C30H40N2O4PS3+. The topological polar surface area (TPSA) is 70.1 Å². The molecule has 0 aromatic heterocycles. The minimum absolute atomic E-state index is 0.209. The lowest BCUT2D eigenvalue weighted by Gasteiger charge is -2.32. The van der Waals surface area contributed by atoms with Gasteiger partial charge in [-0.3, -0.25) is 9.69 Å². The van der Waals surface area contributed by atoms with Crippen molar-refractivity contribution in [3.63, 3.8) is 0 Å². The van der Waals surface area contributed by atoms with Crippen LogP contribution in [0.2, 0.25) is 0 Å². The van der Waals surface area contributed by atoms with Gasteiger partial charge in [-0.15, -0.1) is 9.42 Å². The number of carbonyl (C=O) groups excluding carboxylic acids is 1. The summed E-state index contributed by atoms with van der Waals surface area (Å²) >= 11 is 8.52. The largest absolute Gasteiger partial charge is 0.695 e. The number of allylic oxidation sites excluding steroid dienone is 6. The minimum Gasteiger partial charge on any atom is -0.332 e. The highest BCUT2D eigenvalue weighted by Gasteiger charge is 2.41. The van der Waals surface area contributed by atoms with Gasteiger partial charge in [-0.05, 0) is 56.4 Å². The fraction of sp³-hybridized carbons (Fsp3) is 0.467. The molecule has 6 atom stereocenters. The molecule has 0 radical (unpaired) electrons. The Hall–Kier alpha value is -1.74. The number of hydrogen-bond donors (Lipinski definition) is 1. The van der Waals surface area contributed by atoms with Gasteiger partial charge in [0.05, 0.1) is 21.7 Å². The van der Waals surface area contributed by atoms with Gasteiger partial charge in [0, 0.05) is 15.5 Å². The highest BCUT2D eigenvalue weighted by atomic mass is 32.2. The highest BCUT2D eigenvalue weighted by Crippen LogP contribution is 2.48. The molecule has 6 nitrogen and oxygen atoms in total. The van der Waals surface area contributed by atoms with Gasteiger partial charge in [0.15, 0.2) is 0 Å². The molecule has 1 saturated heterocycles. The number of thiocarbonyl (C=S) groups is 1. The lowest BCUT2D eigenvalue weighted by Crippen LogP contribution is -2.45. The first-order chi connectivity index (χ1) is 19.1. The van der Waals surface area contributed by atoms with Gasteiger partial charge in [0.2, 0.25) is 0 Å². The molecule has 0 spiro atoms. The van der Waals surface area contributed by atoms with Gasteiger partial charge in [-0.1, -0.05) is 113 Å². The number of fused-ring (bicyclic) bond motifs is 1. The van der Waals surface area contributed by atoms with Crippen molar-refractivity contribution >= 4 is 59.9 Å². The predicted octanol–water partition coefficient (Wildman–Crippen LogP) is 8.59. The fourth-order valence-electron chi connectivity index (χ4n) is 4.58. The van der Waals surface area contributed by atoms with Gasteiger partial charge >= 0.3 is 8.25 Å². The number of para-hydroxylation sites is 1. The zero-order valence-electron chi connectivity index (χ0n) is 24.0. The van der Waals surface area contributed by atoms with E-state index < -0.39 is 20.4 Å². The van der Waals surface area contributed by atoms with E-state index in [0.29, 0.717) is 27.6 Å². The summed E-state index contributed by atoms with van der Waals surface area (Å²) in [6.07, 6.45) is 13.6. The second kappa shape index (κ2) is 15.5. The third kappa shape index (κ3) is 8.17. The molecule has 1 aromatic rings. The maximum atomic E-state index is 13.2. The Morgan fingerprint density at radius 3 is 2.30 bits per heavy atom. The van der Waals surface area contributed by atoms with Gasteiger partial charge in [-0.25, -0.2) is 0 Å². The third-order valence-electron chi connectivity index (χ3n) is 7.60. The van der Waals surface area contributed by atoms with E-state index in [1.54, 1.807) is 17.8 Å². The van der Waals surface area contributed by atoms with Crippen LogP contribution in [0.1, 0.15) is 60.8 Å². The summed E-state index contributed by atoms with van der Waals surface area (Å²) in [4.78, 5) is 28.3. The van der Waals surface area contributed by atoms with Crippen LogP contribution in [-0.2, 0) is 13.9 Å². The Morgan fingerprint density at radius 1 is 0.975 bits per heavy atom.